The molecule has 1 aliphatic carbocycles. The summed E-state index contributed by atoms with van der Waals surface area (Å²) >= 11 is 0. The van der Waals surface area contributed by atoms with Crippen LogP contribution in [-0.4, -0.2) is 55.9 Å². The third-order valence-corrected chi connectivity index (χ3v) is 7.78. The fourth-order valence-electron chi connectivity index (χ4n) is 6.55. The SMILES string of the molecule is COC(=O)C1=C2Nc3c(OC)cccc3C23CCN2CC4(OC4C)C1CC23. The zero-order valence-electron chi connectivity index (χ0n) is 15.9. The lowest BCUT2D eigenvalue weighted by Crippen LogP contribution is -2.59. The van der Waals surface area contributed by atoms with Crippen LogP contribution in [0.2, 0.25) is 0 Å². The van der Waals surface area contributed by atoms with Crippen LogP contribution in [0, 0.1) is 5.92 Å². The number of epoxide rings is 1. The first-order valence-electron chi connectivity index (χ1n) is 9.76. The first-order valence-corrected chi connectivity index (χ1v) is 9.76. The van der Waals surface area contributed by atoms with E-state index in [1.54, 1.807) is 7.11 Å². The Labute approximate surface area is 158 Å². The third-order valence-electron chi connectivity index (χ3n) is 7.78. The molecule has 1 aromatic carbocycles. The van der Waals surface area contributed by atoms with Crippen molar-refractivity contribution in [2.24, 2.45) is 5.92 Å². The van der Waals surface area contributed by atoms with Crippen LogP contribution in [0.15, 0.2) is 29.5 Å². The van der Waals surface area contributed by atoms with E-state index in [2.05, 4.69) is 29.3 Å². The Hall–Kier alpha value is -2.05. The highest BCUT2D eigenvalue weighted by molar-refractivity contribution is 5.94. The molecule has 2 bridgehead atoms. The van der Waals surface area contributed by atoms with Crippen LogP contribution >= 0.6 is 0 Å². The second-order valence-electron chi connectivity index (χ2n) is 8.50. The molecule has 6 nitrogen and oxygen atoms in total. The Balaban J connectivity index is 1.64. The number of methoxy groups -OCH3 is 2. The maximum atomic E-state index is 13.0. The molecule has 3 saturated heterocycles. The summed E-state index contributed by atoms with van der Waals surface area (Å²) < 4.78 is 17.0. The predicted octanol–water partition coefficient (Wildman–Crippen LogP) is 2.05. The molecule has 5 aliphatic rings. The second-order valence-corrected chi connectivity index (χ2v) is 8.50. The van der Waals surface area contributed by atoms with Gasteiger partial charge in [0.25, 0.3) is 0 Å². The molecule has 6 heteroatoms. The van der Waals surface area contributed by atoms with Crippen LogP contribution < -0.4 is 10.1 Å². The summed E-state index contributed by atoms with van der Waals surface area (Å²) in [4.78, 5) is 15.6. The number of carbonyl (C=O) groups excluding carboxylic acids is 1. The smallest absolute Gasteiger partial charge is 0.335 e. The van der Waals surface area contributed by atoms with Gasteiger partial charge in [-0.3, -0.25) is 4.90 Å². The van der Waals surface area contributed by atoms with Gasteiger partial charge in [0.05, 0.1) is 37.0 Å². The standard InChI is InChI=1S/C21H24N2O4/c1-11-21(27-11)10-23-8-7-20-12-5-4-6-14(25-2)17(12)22-18(20)16(19(24)26-3)13(21)9-15(20)23/h4-6,11,13,15,22H,7-10H2,1-3H3. The molecule has 6 rings (SSSR count). The van der Waals surface area contributed by atoms with Crippen molar-refractivity contribution in [3.8, 4) is 5.75 Å². The number of fused-ring (bicyclic) bond motifs is 3. The molecule has 0 amide bonds. The van der Waals surface area contributed by atoms with E-state index in [4.69, 9.17) is 14.2 Å². The van der Waals surface area contributed by atoms with Gasteiger partial charge >= 0.3 is 5.97 Å². The maximum absolute atomic E-state index is 13.0. The lowest BCUT2D eigenvalue weighted by Gasteiger charge is -2.50. The number of nitrogens with one attached hydrogen (secondary N) is 1. The van der Waals surface area contributed by atoms with Crippen molar-refractivity contribution in [1.82, 2.24) is 4.90 Å². The average Bonchev–Trinajstić information content (AvgIpc) is 3.04. The lowest BCUT2D eigenvalue weighted by atomic mass is 9.60. The Morgan fingerprint density at radius 1 is 1.37 bits per heavy atom. The van der Waals surface area contributed by atoms with Crippen molar-refractivity contribution in [3.63, 3.8) is 0 Å². The summed E-state index contributed by atoms with van der Waals surface area (Å²) in [6.07, 6.45) is 2.11. The summed E-state index contributed by atoms with van der Waals surface area (Å²) in [5, 5.41) is 3.62. The number of hydrogen-bond acceptors (Lipinski definition) is 6. The molecule has 142 valence electrons. The van der Waals surface area contributed by atoms with E-state index in [9.17, 15) is 4.79 Å². The van der Waals surface area contributed by atoms with E-state index < -0.39 is 0 Å². The summed E-state index contributed by atoms with van der Waals surface area (Å²) in [6.45, 7) is 4.04. The van der Waals surface area contributed by atoms with Crippen molar-refractivity contribution in [1.29, 1.82) is 0 Å². The quantitative estimate of drug-likeness (QED) is 0.637. The van der Waals surface area contributed by atoms with E-state index in [0.717, 1.165) is 48.6 Å². The van der Waals surface area contributed by atoms with Gasteiger partial charge in [0.15, 0.2) is 0 Å². The molecular formula is C21H24N2O4. The number of carbonyl (C=O) groups is 1. The van der Waals surface area contributed by atoms with Gasteiger partial charge < -0.3 is 19.5 Å². The second kappa shape index (κ2) is 4.86. The van der Waals surface area contributed by atoms with Crippen LogP contribution in [-0.2, 0) is 19.7 Å². The number of anilines is 1. The zero-order valence-corrected chi connectivity index (χ0v) is 15.9. The average molecular weight is 368 g/mol. The Morgan fingerprint density at radius 2 is 2.19 bits per heavy atom. The minimum Gasteiger partial charge on any atom is -0.495 e. The number of para-hydroxylation sites is 1. The van der Waals surface area contributed by atoms with E-state index >= 15 is 0 Å². The first kappa shape index (κ1) is 16.0. The van der Waals surface area contributed by atoms with Gasteiger partial charge in [-0.15, -0.1) is 0 Å². The van der Waals surface area contributed by atoms with Gasteiger partial charge in [0.1, 0.15) is 11.4 Å². The molecule has 5 unspecified atom stereocenters. The van der Waals surface area contributed by atoms with Crippen molar-refractivity contribution in [2.75, 3.05) is 32.6 Å². The van der Waals surface area contributed by atoms with Gasteiger partial charge in [-0.25, -0.2) is 4.79 Å². The summed E-state index contributed by atoms with van der Waals surface area (Å²) in [5.74, 6) is 0.677. The topological polar surface area (TPSA) is 63.3 Å². The molecule has 3 fully saturated rings. The molecule has 27 heavy (non-hydrogen) atoms. The van der Waals surface area contributed by atoms with Crippen molar-refractivity contribution < 1.29 is 19.0 Å². The first-order chi connectivity index (χ1) is 13.1. The van der Waals surface area contributed by atoms with Crippen LogP contribution in [0.3, 0.4) is 0 Å². The van der Waals surface area contributed by atoms with Crippen LogP contribution in [0.1, 0.15) is 25.3 Å². The Bertz CT molecular complexity index is 911. The fourth-order valence-corrected chi connectivity index (χ4v) is 6.55. The molecule has 1 aromatic rings. The largest absolute Gasteiger partial charge is 0.495 e. The predicted molar refractivity (Wildman–Crippen MR) is 98.7 cm³/mol. The van der Waals surface area contributed by atoms with Crippen molar-refractivity contribution in [2.45, 2.75) is 42.9 Å². The number of hydrogen-bond donors (Lipinski definition) is 1. The summed E-state index contributed by atoms with van der Waals surface area (Å²) in [5.41, 5.74) is 3.65. The number of nitrogens with zero attached hydrogens (tertiary/aromatic N) is 1. The maximum Gasteiger partial charge on any atom is 0.335 e. The number of rotatable bonds is 2. The third kappa shape index (κ3) is 1.64. The van der Waals surface area contributed by atoms with E-state index in [1.807, 2.05) is 6.07 Å². The van der Waals surface area contributed by atoms with Crippen LogP contribution in [0.5, 0.6) is 5.75 Å². The highest BCUT2D eigenvalue weighted by Crippen LogP contribution is 2.66. The normalized spacial score (nSPS) is 40.5. The highest BCUT2D eigenvalue weighted by atomic mass is 16.6. The highest BCUT2D eigenvalue weighted by Gasteiger charge is 2.72. The Kier molecular flexibility index (Phi) is 2.87. The van der Waals surface area contributed by atoms with Crippen LogP contribution in [0.4, 0.5) is 5.69 Å². The zero-order chi connectivity index (χ0) is 18.6. The van der Waals surface area contributed by atoms with Crippen LogP contribution in [0.25, 0.3) is 0 Å². The molecule has 4 heterocycles. The van der Waals surface area contributed by atoms with E-state index in [-0.39, 0.29) is 29.0 Å². The van der Waals surface area contributed by atoms with Gasteiger partial charge in [-0.05, 0) is 37.9 Å². The minimum absolute atomic E-state index is 0.0789. The number of ether oxygens (including phenoxy) is 3. The molecule has 0 radical (unpaired) electrons. The molecule has 0 saturated carbocycles. The van der Waals surface area contributed by atoms with Gasteiger partial charge in [-0.1, -0.05) is 12.1 Å². The molecule has 5 atom stereocenters. The van der Waals surface area contributed by atoms with Crippen molar-refractivity contribution >= 4 is 11.7 Å². The monoisotopic (exact) mass is 368 g/mol. The van der Waals surface area contributed by atoms with Crippen molar-refractivity contribution in [3.05, 3.63) is 35.0 Å². The van der Waals surface area contributed by atoms with E-state index in [1.165, 1.54) is 12.7 Å². The van der Waals surface area contributed by atoms with Gasteiger partial charge in [0.2, 0.25) is 0 Å². The van der Waals surface area contributed by atoms with Gasteiger partial charge in [0, 0.05) is 24.2 Å². The number of esters is 1. The fraction of sp³-hybridized carbons (Fsp3) is 0.571. The summed E-state index contributed by atoms with van der Waals surface area (Å²) in [6, 6.07) is 6.61. The Morgan fingerprint density at radius 3 is 2.89 bits per heavy atom. The summed E-state index contributed by atoms with van der Waals surface area (Å²) in [7, 11) is 3.17. The number of benzene rings is 1. The molecule has 4 aliphatic heterocycles. The number of piperidine rings is 1. The van der Waals surface area contributed by atoms with E-state index in [0.29, 0.717) is 6.04 Å². The minimum atomic E-state index is -0.246. The van der Waals surface area contributed by atoms with Gasteiger partial charge in [-0.2, -0.15) is 0 Å². The molecule has 2 spiro atoms. The lowest BCUT2D eigenvalue weighted by molar-refractivity contribution is -0.138. The molecule has 1 N–H and O–H groups in total. The molecule has 0 aromatic heterocycles. The molecular weight excluding hydrogens is 344 g/mol.